The Morgan fingerprint density at radius 1 is 1.03 bits per heavy atom. The van der Waals surface area contributed by atoms with E-state index in [-0.39, 0.29) is 24.2 Å². The van der Waals surface area contributed by atoms with Gasteiger partial charge in [0.25, 0.3) is 0 Å². The van der Waals surface area contributed by atoms with Crippen LogP contribution in [0.25, 0.3) is 0 Å². The largest absolute Gasteiger partial charge is 0.378 e. The first-order valence-corrected chi connectivity index (χ1v) is 15.0. The molecule has 2 aliphatic carbocycles. The minimum Gasteiger partial charge on any atom is -0.378 e. The predicted octanol–water partition coefficient (Wildman–Crippen LogP) is 4.51. The van der Waals surface area contributed by atoms with Crippen molar-refractivity contribution in [1.29, 1.82) is 5.26 Å². The van der Waals surface area contributed by atoms with E-state index in [9.17, 15) is 14.9 Å². The number of likely N-dealkylation sites (tertiary alicyclic amines) is 1. The van der Waals surface area contributed by atoms with Crippen molar-refractivity contribution in [1.82, 2.24) is 15.1 Å². The molecule has 1 N–H and O–H groups in total. The summed E-state index contributed by atoms with van der Waals surface area (Å²) in [7, 11) is 0. The summed E-state index contributed by atoms with van der Waals surface area (Å²) in [5.74, 6) is 0.857. The molecule has 4 rings (SSSR count). The van der Waals surface area contributed by atoms with E-state index in [1.807, 2.05) is 4.90 Å². The highest BCUT2D eigenvalue weighted by Crippen LogP contribution is 2.40. The SMILES string of the molecule is CC(C)(C)[C@H]1CC[C@H](N2CC[C@@](C#N)(NC(=O)[C@@H](CC(=O)N3CCOCC3)CC3CCCCC3)C2)CC1. The molecule has 2 aliphatic heterocycles. The van der Waals surface area contributed by atoms with E-state index >= 15 is 0 Å². The molecular formula is C30H50N4O3. The van der Waals surface area contributed by atoms with Gasteiger partial charge in [0, 0.05) is 44.6 Å². The minimum atomic E-state index is -0.842. The van der Waals surface area contributed by atoms with Crippen molar-refractivity contribution in [3.63, 3.8) is 0 Å². The molecule has 0 aromatic heterocycles. The van der Waals surface area contributed by atoms with E-state index in [2.05, 4.69) is 37.1 Å². The van der Waals surface area contributed by atoms with Gasteiger partial charge in [-0.15, -0.1) is 0 Å². The first-order valence-electron chi connectivity index (χ1n) is 15.0. The van der Waals surface area contributed by atoms with Crippen LogP contribution in [0, 0.1) is 34.5 Å². The lowest BCUT2D eigenvalue weighted by atomic mass is 9.71. The zero-order chi connectivity index (χ0) is 26.5. The second-order valence-electron chi connectivity index (χ2n) is 13.4. The van der Waals surface area contributed by atoms with Crippen LogP contribution in [-0.2, 0) is 14.3 Å². The zero-order valence-corrected chi connectivity index (χ0v) is 23.6. The Balaban J connectivity index is 1.37. The third-order valence-electron chi connectivity index (χ3n) is 9.81. The van der Waals surface area contributed by atoms with Crippen molar-refractivity contribution in [3.8, 4) is 6.07 Å². The van der Waals surface area contributed by atoms with Crippen LogP contribution in [0.1, 0.15) is 97.8 Å². The van der Waals surface area contributed by atoms with Gasteiger partial charge >= 0.3 is 0 Å². The van der Waals surface area contributed by atoms with Gasteiger partial charge in [-0.1, -0.05) is 52.9 Å². The summed E-state index contributed by atoms with van der Waals surface area (Å²) in [6.07, 6.45) is 12.5. The minimum absolute atomic E-state index is 0.0499. The third kappa shape index (κ3) is 7.47. The fourth-order valence-corrected chi connectivity index (χ4v) is 7.28. The number of hydrogen-bond acceptors (Lipinski definition) is 5. The van der Waals surface area contributed by atoms with E-state index in [0.717, 1.165) is 31.7 Å². The van der Waals surface area contributed by atoms with Crippen LogP contribution >= 0.6 is 0 Å². The normalized spacial score (nSPS) is 31.0. The molecule has 2 saturated carbocycles. The molecule has 4 aliphatic rings. The lowest BCUT2D eigenvalue weighted by molar-refractivity contribution is -0.140. The monoisotopic (exact) mass is 514 g/mol. The number of nitrogens with one attached hydrogen (secondary N) is 1. The summed E-state index contributed by atoms with van der Waals surface area (Å²) in [6, 6.07) is 3.01. The number of carbonyl (C=O) groups excluding carboxylic acids is 2. The molecule has 0 aromatic rings. The molecule has 0 bridgehead atoms. The fraction of sp³-hybridized carbons (Fsp3) is 0.900. The van der Waals surface area contributed by atoms with E-state index in [1.54, 1.807) is 0 Å². The highest BCUT2D eigenvalue weighted by Gasteiger charge is 2.44. The van der Waals surface area contributed by atoms with Crippen LogP contribution in [0.5, 0.6) is 0 Å². The Bertz CT molecular complexity index is 814. The quantitative estimate of drug-likeness (QED) is 0.540. The van der Waals surface area contributed by atoms with Crippen molar-refractivity contribution >= 4 is 11.8 Å². The van der Waals surface area contributed by atoms with E-state index < -0.39 is 5.54 Å². The highest BCUT2D eigenvalue weighted by atomic mass is 16.5. The van der Waals surface area contributed by atoms with Gasteiger partial charge in [0.1, 0.15) is 5.54 Å². The Morgan fingerprint density at radius 3 is 2.32 bits per heavy atom. The summed E-state index contributed by atoms with van der Waals surface area (Å²) >= 11 is 0. The average Bonchev–Trinajstić information content (AvgIpc) is 3.33. The molecule has 0 unspecified atom stereocenters. The van der Waals surface area contributed by atoms with Gasteiger partial charge in [0.2, 0.25) is 11.8 Å². The molecule has 2 saturated heterocycles. The van der Waals surface area contributed by atoms with Crippen molar-refractivity contribution in [3.05, 3.63) is 0 Å². The molecular weight excluding hydrogens is 464 g/mol. The van der Waals surface area contributed by atoms with Gasteiger partial charge in [-0.05, 0) is 55.8 Å². The van der Waals surface area contributed by atoms with Gasteiger partial charge in [-0.3, -0.25) is 14.5 Å². The average molecular weight is 515 g/mol. The lowest BCUT2D eigenvalue weighted by Crippen LogP contribution is -2.53. The van der Waals surface area contributed by atoms with Crippen molar-refractivity contribution in [2.75, 3.05) is 39.4 Å². The molecule has 208 valence electrons. The summed E-state index contributed by atoms with van der Waals surface area (Å²) < 4.78 is 5.41. The topological polar surface area (TPSA) is 85.7 Å². The van der Waals surface area contributed by atoms with Crippen molar-refractivity contribution in [2.24, 2.45) is 23.2 Å². The predicted molar refractivity (Wildman–Crippen MR) is 145 cm³/mol. The first-order chi connectivity index (χ1) is 17.7. The number of nitrogens with zero attached hydrogens (tertiary/aromatic N) is 3. The molecule has 0 aromatic carbocycles. The first kappa shape index (κ1) is 28.4. The van der Waals surface area contributed by atoms with Crippen LogP contribution in [-0.4, -0.2) is 72.6 Å². The number of nitriles is 1. The van der Waals surface area contributed by atoms with Crippen molar-refractivity contribution < 1.29 is 14.3 Å². The number of ether oxygens (including phenoxy) is 1. The van der Waals surface area contributed by atoms with E-state index in [4.69, 9.17) is 4.74 Å². The molecule has 2 amide bonds. The maximum Gasteiger partial charge on any atom is 0.224 e. The van der Waals surface area contributed by atoms with Crippen molar-refractivity contribution in [2.45, 2.75) is 109 Å². The molecule has 2 heterocycles. The maximum atomic E-state index is 13.7. The van der Waals surface area contributed by atoms with Gasteiger partial charge in [0.05, 0.1) is 19.3 Å². The Morgan fingerprint density at radius 2 is 1.70 bits per heavy atom. The summed E-state index contributed by atoms with van der Waals surface area (Å²) in [5, 5.41) is 13.4. The smallest absolute Gasteiger partial charge is 0.224 e. The molecule has 0 radical (unpaired) electrons. The third-order valence-corrected chi connectivity index (χ3v) is 9.81. The van der Waals surface area contributed by atoms with Crippen LogP contribution in [0.2, 0.25) is 0 Å². The van der Waals surface area contributed by atoms with E-state index in [0.29, 0.717) is 56.6 Å². The Labute approximate surface area is 224 Å². The highest BCUT2D eigenvalue weighted by molar-refractivity contribution is 5.86. The second kappa shape index (κ2) is 12.5. The van der Waals surface area contributed by atoms with Crippen LogP contribution in [0.4, 0.5) is 0 Å². The summed E-state index contributed by atoms with van der Waals surface area (Å²) in [4.78, 5) is 31.1. The molecule has 37 heavy (non-hydrogen) atoms. The lowest BCUT2D eigenvalue weighted by Gasteiger charge is -2.40. The fourth-order valence-electron chi connectivity index (χ4n) is 7.28. The van der Waals surface area contributed by atoms with Gasteiger partial charge in [-0.2, -0.15) is 5.26 Å². The summed E-state index contributed by atoms with van der Waals surface area (Å²) in [6.45, 7) is 10.8. The molecule has 7 nitrogen and oxygen atoms in total. The van der Waals surface area contributed by atoms with Gasteiger partial charge in [0.15, 0.2) is 0 Å². The van der Waals surface area contributed by atoms with Crippen LogP contribution < -0.4 is 5.32 Å². The van der Waals surface area contributed by atoms with Gasteiger partial charge < -0.3 is 15.0 Å². The summed E-state index contributed by atoms with van der Waals surface area (Å²) in [5.41, 5.74) is -0.489. The molecule has 2 atom stereocenters. The number of rotatable bonds is 7. The Hall–Kier alpha value is -1.65. The second-order valence-corrected chi connectivity index (χ2v) is 13.4. The Kier molecular flexibility index (Phi) is 9.56. The number of hydrogen-bond donors (Lipinski definition) is 1. The van der Waals surface area contributed by atoms with Crippen LogP contribution in [0.3, 0.4) is 0 Å². The van der Waals surface area contributed by atoms with E-state index in [1.165, 1.54) is 44.9 Å². The van der Waals surface area contributed by atoms with Crippen LogP contribution in [0.15, 0.2) is 0 Å². The number of morpholine rings is 1. The number of carbonyl (C=O) groups is 2. The molecule has 0 spiro atoms. The zero-order valence-electron chi connectivity index (χ0n) is 23.6. The van der Waals surface area contributed by atoms with Gasteiger partial charge in [-0.25, -0.2) is 0 Å². The maximum absolute atomic E-state index is 13.7. The molecule has 4 fully saturated rings. The number of amides is 2. The standard InChI is InChI=1S/C30H50N4O3/c1-29(2,3)25-9-11-26(12-10-25)34-14-13-30(21-31,22-34)32-28(36)24(19-23-7-5-4-6-8-23)20-27(35)33-15-17-37-18-16-33/h23-26H,4-20,22H2,1-3H3,(H,32,36)/t24-,25-,26-,30+/m1/s1. The molecule has 7 heteroatoms.